The van der Waals surface area contributed by atoms with Crippen molar-refractivity contribution in [2.45, 2.75) is 24.9 Å². The van der Waals surface area contributed by atoms with Crippen LogP contribution in [0, 0.1) is 0 Å². The van der Waals surface area contributed by atoms with Crippen molar-refractivity contribution in [2.75, 3.05) is 6.79 Å². The van der Waals surface area contributed by atoms with E-state index in [9.17, 15) is 10.2 Å². The van der Waals surface area contributed by atoms with E-state index in [1.165, 1.54) is 0 Å². The molecule has 0 atom stereocenters. The van der Waals surface area contributed by atoms with E-state index in [0.29, 0.717) is 17.9 Å². The summed E-state index contributed by atoms with van der Waals surface area (Å²) in [5.41, 5.74) is 0.330. The highest BCUT2D eigenvalue weighted by molar-refractivity contribution is 5.54. The largest absolute Gasteiger partial charge is 0.504 e. The lowest BCUT2D eigenvalue weighted by molar-refractivity contribution is 0.151. The first kappa shape index (κ1) is 8.85. The number of rotatable bonds is 2. The number of phenols is 1. The van der Waals surface area contributed by atoms with Crippen molar-refractivity contribution in [3.8, 4) is 17.2 Å². The van der Waals surface area contributed by atoms with E-state index in [1.807, 2.05) is 6.07 Å². The van der Waals surface area contributed by atoms with Crippen LogP contribution in [0.25, 0.3) is 0 Å². The monoisotopic (exact) mass is 208 g/mol. The standard InChI is InChI=1S/C11H12O4/c12-8-3-7(5-11(13)1-2-11)4-9-10(8)15-6-14-9/h3-4,12-13H,1-2,5-6H2. The van der Waals surface area contributed by atoms with E-state index in [0.717, 1.165) is 18.4 Å². The molecule has 2 aliphatic rings. The third-order valence-electron chi connectivity index (χ3n) is 2.87. The summed E-state index contributed by atoms with van der Waals surface area (Å²) in [4.78, 5) is 0. The average molecular weight is 208 g/mol. The van der Waals surface area contributed by atoms with Crippen molar-refractivity contribution in [3.63, 3.8) is 0 Å². The van der Waals surface area contributed by atoms with Crippen molar-refractivity contribution in [1.82, 2.24) is 0 Å². The van der Waals surface area contributed by atoms with Crippen LogP contribution in [0.2, 0.25) is 0 Å². The Morgan fingerprint density at radius 2 is 2.07 bits per heavy atom. The molecule has 3 rings (SSSR count). The zero-order chi connectivity index (χ0) is 10.5. The van der Waals surface area contributed by atoms with Crippen molar-refractivity contribution in [2.24, 2.45) is 0 Å². The van der Waals surface area contributed by atoms with Gasteiger partial charge in [0.05, 0.1) is 5.60 Å². The van der Waals surface area contributed by atoms with Crippen molar-refractivity contribution in [1.29, 1.82) is 0 Å². The Bertz CT molecular complexity index is 409. The molecule has 15 heavy (non-hydrogen) atoms. The van der Waals surface area contributed by atoms with Crippen LogP contribution >= 0.6 is 0 Å². The molecule has 4 nitrogen and oxygen atoms in total. The molecular weight excluding hydrogens is 196 g/mol. The van der Waals surface area contributed by atoms with Crippen LogP contribution in [0.3, 0.4) is 0 Å². The van der Waals surface area contributed by atoms with E-state index < -0.39 is 5.60 Å². The van der Waals surface area contributed by atoms with Crippen LogP contribution in [0.1, 0.15) is 18.4 Å². The lowest BCUT2D eigenvalue weighted by atomic mass is 10.1. The zero-order valence-electron chi connectivity index (χ0n) is 8.19. The predicted molar refractivity (Wildman–Crippen MR) is 52.1 cm³/mol. The molecule has 2 N–H and O–H groups in total. The summed E-state index contributed by atoms with van der Waals surface area (Å²) in [7, 11) is 0. The maximum atomic E-state index is 9.77. The Morgan fingerprint density at radius 3 is 2.80 bits per heavy atom. The number of benzene rings is 1. The molecule has 1 aliphatic carbocycles. The molecule has 1 aromatic carbocycles. The second-order valence-electron chi connectivity index (χ2n) is 4.25. The summed E-state index contributed by atoms with van der Waals surface area (Å²) in [6.45, 7) is 0.149. The van der Waals surface area contributed by atoms with Gasteiger partial charge < -0.3 is 19.7 Å². The molecule has 1 aromatic rings. The molecule has 1 aliphatic heterocycles. The fraction of sp³-hybridized carbons (Fsp3) is 0.455. The molecule has 1 saturated carbocycles. The highest BCUT2D eigenvalue weighted by Gasteiger charge is 2.40. The minimum atomic E-state index is -0.555. The third kappa shape index (κ3) is 1.51. The van der Waals surface area contributed by atoms with Gasteiger partial charge in [0, 0.05) is 6.42 Å². The van der Waals surface area contributed by atoms with Crippen LogP contribution in [0.5, 0.6) is 17.2 Å². The Labute approximate surface area is 87.1 Å². The van der Waals surface area contributed by atoms with Crippen LogP contribution < -0.4 is 9.47 Å². The fourth-order valence-corrected chi connectivity index (χ4v) is 1.85. The summed E-state index contributed by atoms with van der Waals surface area (Å²) in [5, 5.41) is 19.4. The van der Waals surface area contributed by atoms with Gasteiger partial charge in [-0.15, -0.1) is 0 Å². The Hall–Kier alpha value is -1.42. The topological polar surface area (TPSA) is 58.9 Å². The number of hydrogen-bond donors (Lipinski definition) is 2. The first-order valence-electron chi connectivity index (χ1n) is 5.00. The van der Waals surface area contributed by atoms with Crippen molar-refractivity contribution in [3.05, 3.63) is 17.7 Å². The molecule has 0 aromatic heterocycles. The Balaban J connectivity index is 1.93. The van der Waals surface area contributed by atoms with Crippen LogP contribution in [0.15, 0.2) is 12.1 Å². The molecule has 0 amide bonds. The first-order chi connectivity index (χ1) is 7.16. The second kappa shape index (κ2) is 2.79. The summed E-state index contributed by atoms with van der Waals surface area (Å²) in [6, 6.07) is 3.45. The normalized spacial score (nSPS) is 20.3. The molecule has 80 valence electrons. The minimum Gasteiger partial charge on any atom is -0.504 e. The van der Waals surface area contributed by atoms with Gasteiger partial charge in [0.1, 0.15) is 0 Å². The zero-order valence-corrected chi connectivity index (χ0v) is 8.19. The maximum absolute atomic E-state index is 9.77. The van der Waals surface area contributed by atoms with E-state index in [-0.39, 0.29) is 12.5 Å². The minimum absolute atomic E-state index is 0.0873. The molecule has 1 heterocycles. The highest BCUT2D eigenvalue weighted by atomic mass is 16.7. The molecule has 0 spiro atoms. The molecule has 0 radical (unpaired) electrons. The number of hydrogen-bond acceptors (Lipinski definition) is 4. The Morgan fingerprint density at radius 1 is 1.27 bits per heavy atom. The Kier molecular flexibility index (Phi) is 1.65. The van der Waals surface area contributed by atoms with Crippen LogP contribution in [-0.2, 0) is 6.42 Å². The van der Waals surface area contributed by atoms with E-state index >= 15 is 0 Å². The van der Waals surface area contributed by atoms with Crippen LogP contribution in [0.4, 0.5) is 0 Å². The lowest BCUT2D eigenvalue weighted by Gasteiger charge is -2.09. The van der Waals surface area contributed by atoms with Gasteiger partial charge in [0.15, 0.2) is 11.5 Å². The molecule has 0 bridgehead atoms. The third-order valence-corrected chi connectivity index (χ3v) is 2.87. The van der Waals surface area contributed by atoms with E-state index in [1.54, 1.807) is 6.07 Å². The highest BCUT2D eigenvalue weighted by Crippen LogP contribution is 2.44. The summed E-state index contributed by atoms with van der Waals surface area (Å²) in [6.07, 6.45) is 2.24. The average Bonchev–Trinajstić information content (AvgIpc) is 2.73. The summed E-state index contributed by atoms with van der Waals surface area (Å²) >= 11 is 0. The molecule has 1 fully saturated rings. The molecule has 0 unspecified atom stereocenters. The molecule has 4 heteroatoms. The second-order valence-corrected chi connectivity index (χ2v) is 4.25. The van der Waals surface area contributed by atoms with Gasteiger partial charge in [-0.3, -0.25) is 0 Å². The molecule has 0 saturated heterocycles. The summed E-state index contributed by atoms with van der Waals surface area (Å²) in [5.74, 6) is 1.06. The van der Waals surface area contributed by atoms with Gasteiger partial charge in [0.2, 0.25) is 12.5 Å². The smallest absolute Gasteiger partial charge is 0.231 e. The fourth-order valence-electron chi connectivity index (χ4n) is 1.85. The van der Waals surface area contributed by atoms with E-state index in [4.69, 9.17) is 9.47 Å². The number of phenolic OH excluding ortho intramolecular Hbond substituents is 1. The van der Waals surface area contributed by atoms with Gasteiger partial charge in [-0.2, -0.15) is 0 Å². The number of aromatic hydroxyl groups is 1. The number of fused-ring (bicyclic) bond motifs is 1. The van der Waals surface area contributed by atoms with Gasteiger partial charge in [-0.25, -0.2) is 0 Å². The van der Waals surface area contributed by atoms with Crippen LogP contribution in [-0.4, -0.2) is 22.6 Å². The number of aliphatic hydroxyl groups is 1. The lowest BCUT2D eigenvalue weighted by Crippen LogP contribution is -2.10. The SMILES string of the molecule is Oc1cc(CC2(O)CC2)cc2c1OCO2. The predicted octanol–water partition coefficient (Wildman–Crippen LogP) is 1.19. The summed E-state index contributed by atoms with van der Waals surface area (Å²) < 4.78 is 10.3. The van der Waals surface area contributed by atoms with Crippen molar-refractivity contribution >= 4 is 0 Å². The first-order valence-corrected chi connectivity index (χ1v) is 5.00. The number of ether oxygens (including phenoxy) is 2. The van der Waals surface area contributed by atoms with Crippen molar-refractivity contribution < 1.29 is 19.7 Å². The van der Waals surface area contributed by atoms with Gasteiger partial charge >= 0.3 is 0 Å². The molecular formula is C11H12O4. The quantitative estimate of drug-likeness (QED) is 0.766. The van der Waals surface area contributed by atoms with Gasteiger partial charge in [-0.05, 0) is 30.5 Å². The van der Waals surface area contributed by atoms with Gasteiger partial charge in [0.25, 0.3) is 0 Å². The van der Waals surface area contributed by atoms with E-state index in [2.05, 4.69) is 0 Å². The van der Waals surface area contributed by atoms with Gasteiger partial charge in [-0.1, -0.05) is 0 Å². The maximum Gasteiger partial charge on any atom is 0.231 e.